The predicted molar refractivity (Wildman–Crippen MR) is 82.2 cm³/mol. The molecule has 0 atom stereocenters. The molecule has 0 saturated carbocycles. The molecule has 0 radical (unpaired) electrons. The Hall–Kier alpha value is -1.44. The van der Waals surface area contributed by atoms with Crippen LogP contribution >= 0.6 is 0 Å². The van der Waals surface area contributed by atoms with E-state index in [2.05, 4.69) is 0 Å². The maximum Gasteiger partial charge on any atom is 0.282 e. The van der Waals surface area contributed by atoms with E-state index in [-0.39, 0.29) is 18.5 Å². The number of hydrogen-bond acceptors (Lipinski definition) is 3. The number of nitrogens with zero attached hydrogens (tertiary/aromatic N) is 3. The number of anilines is 1. The minimum Gasteiger partial charge on any atom is -0.310 e. The fraction of sp³-hybridized carbons (Fsp3) is 0.500. The van der Waals surface area contributed by atoms with Crippen molar-refractivity contribution >= 4 is 21.8 Å². The van der Waals surface area contributed by atoms with Gasteiger partial charge in [-0.25, -0.2) is 0 Å². The Morgan fingerprint density at radius 2 is 1.76 bits per heavy atom. The predicted octanol–water partition coefficient (Wildman–Crippen LogP) is 0.920. The maximum atomic E-state index is 12.4. The van der Waals surface area contributed by atoms with Crippen LogP contribution in [0.3, 0.4) is 0 Å². The zero-order valence-corrected chi connectivity index (χ0v) is 13.4. The van der Waals surface area contributed by atoms with Gasteiger partial charge >= 0.3 is 0 Å². The Morgan fingerprint density at radius 1 is 1.14 bits per heavy atom. The highest BCUT2D eigenvalue weighted by molar-refractivity contribution is 7.86. The van der Waals surface area contributed by atoms with Crippen molar-refractivity contribution in [2.45, 2.75) is 19.9 Å². The summed E-state index contributed by atoms with van der Waals surface area (Å²) in [5, 5.41) is 0. The molecular weight excluding hydrogens is 290 g/mol. The van der Waals surface area contributed by atoms with Crippen molar-refractivity contribution in [1.29, 1.82) is 0 Å². The van der Waals surface area contributed by atoms with Gasteiger partial charge in [-0.05, 0) is 26.0 Å². The lowest BCUT2D eigenvalue weighted by Crippen LogP contribution is -2.56. The van der Waals surface area contributed by atoms with Crippen LogP contribution in [0.5, 0.6) is 0 Å². The van der Waals surface area contributed by atoms with Gasteiger partial charge in [0.2, 0.25) is 5.91 Å². The van der Waals surface area contributed by atoms with E-state index in [1.54, 1.807) is 18.7 Å². The quantitative estimate of drug-likeness (QED) is 0.831. The number of piperazine rings is 1. The molecule has 0 aromatic heterocycles. The molecular formula is C14H21N3O3S. The van der Waals surface area contributed by atoms with Crippen molar-refractivity contribution < 1.29 is 13.2 Å². The van der Waals surface area contributed by atoms with Crippen molar-refractivity contribution in [1.82, 2.24) is 8.61 Å². The summed E-state index contributed by atoms with van der Waals surface area (Å²) >= 11 is 0. The Kier molecular flexibility index (Phi) is 4.65. The lowest BCUT2D eigenvalue weighted by molar-refractivity contribution is -0.120. The number of para-hydroxylation sites is 1. The first kappa shape index (κ1) is 15.9. The summed E-state index contributed by atoms with van der Waals surface area (Å²) in [6, 6.07) is 9.16. The van der Waals surface area contributed by atoms with Crippen molar-refractivity contribution in [3.8, 4) is 0 Å². The van der Waals surface area contributed by atoms with Gasteiger partial charge in [-0.2, -0.15) is 17.0 Å². The summed E-state index contributed by atoms with van der Waals surface area (Å²) in [5.41, 5.74) is 0.803. The van der Waals surface area contributed by atoms with Crippen LogP contribution in [0.25, 0.3) is 0 Å². The summed E-state index contributed by atoms with van der Waals surface area (Å²) in [7, 11) is -2.04. The second kappa shape index (κ2) is 6.13. The van der Waals surface area contributed by atoms with E-state index in [0.29, 0.717) is 13.1 Å². The number of hydrogen-bond donors (Lipinski definition) is 0. The van der Waals surface area contributed by atoms with Crippen molar-refractivity contribution in [2.75, 3.05) is 31.6 Å². The second-order valence-electron chi connectivity index (χ2n) is 5.33. The Labute approximate surface area is 126 Å². The lowest BCUT2D eigenvalue weighted by Gasteiger charge is -2.36. The highest BCUT2D eigenvalue weighted by Gasteiger charge is 2.35. The van der Waals surface area contributed by atoms with E-state index in [4.69, 9.17) is 0 Å². The molecule has 0 aliphatic carbocycles. The normalized spacial score (nSPS) is 17.8. The number of amides is 1. The smallest absolute Gasteiger partial charge is 0.282 e. The fourth-order valence-electron chi connectivity index (χ4n) is 2.18. The van der Waals surface area contributed by atoms with Gasteiger partial charge in [-0.15, -0.1) is 0 Å². The molecule has 1 fully saturated rings. The molecule has 7 heteroatoms. The van der Waals surface area contributed by atoms with Gasteiger partial charge in [-0.3, -0.25) is 4.79 Å². The molecule has 1 aliphatic rings. The topological polar surface area (TPSA) is 60.9 Å². The Bertz CT molecular complexity index is 601. The summed E-state index contributed by atoms with van der Waals surface area (Å²) in [4.78, 5) is 13.9. The van der Waals surface area contributed by atoms with Crippen LogP contribution in [0.4, 0.5) is 5.69 Å². The maximum absolute atomic E-state index is 12.4. The molecule has 21 heavy (non-hydrogen) atoms. The number of carbonyl (C=O) groups excluding carboxylic acids is 1. The zero-order chi connectivity index (χ0) is 15.6. The van der Waals surface area contributed by atoms with Gasteiger partial charge in [-0.1, -0.05) is 18.2 Å². The molecule has 2 rings (SSSR count). The molecule has 1 aromatic rings. The van der Waals surface area contributed by atoms with E-state index < -0.39 is 10.2 Å². The van der Waals surface area contributed by atoms with Crippen LogP contribution in [0.2, 0.25) is 0 Å². The van der Waals surface area contributed by atoms with Crippen LogP contribution in [-0.2, 0) is 15.0 Å². The molecule has 1 saturated heterocycles. The largest absolute Gasteiger partial charge is 0.310 e. The SMILES string of the molecule is CC(C)N(C)S(=O)(=O)N1CCN(c2ccccc2)C(=O)C1. The number of benzene rings is 1. The second-order valence-corrected chi connectivity index (χ2v) is 7.32. The van der Waals surface area contributed by atoms with Crippen molar-refractivity contribution in [3.05, 3.63) is 30.3 Å². The monoisotopic (exact) mass is 311 g/mol. The fourth-order valence-corrected chi connectivity index (χ4v) is 3.66. The summed E-state index contributed by atoms with van der Waals surface area (Å²) in [5.74, 6) is -0.201. The summed E-state index contributed by atoms with van der Waals surface area (Å²) < 4.78 is 27.3. The standard InChI is InChI=1S/C14H21N3O3S/c1-12(2)15(3)21(19,20)16-9-10-17(14(18)11-16)13-7-5-4-6-8-13/h4-8,12H,9-11H2,1-3H3. The Morgan fingerprint density at radius 3 is 2.29 bits per heavy atom. The van der Waals surface area contributed by atoms with Crippen LogP contribution < -0.4 is 4.90 Å². The van der Waals surface area contributed by atoms with Crippen molar-refractivity contribution in [3.63, 3.8) is 0 Å². The van der Waals surface area contributed by atoms with Gasteiger partial charge in [0.15, 0.2) is 0 Å². The molecule has 1 amide bonds. The molecule has 0 bridgehead atoms. The highest BCUT2D eigenvalue weighted by Crippen LogP contribution is 2.19. The highest BCUT2D eigenvalue weighted by atomic mass is 32.2. The van der Waals surface area contributed by atoms with E-state index >= 15 is 0 Å². The minimum absolute atomic E-state index is 0.117. The lowest BCUT2D eigenvalue weighted by atomic mass is 10.2. The van der Waals surface area contributed by atoms with E-state index in [9.17, 15) is 13.2 Å². The molecule has 1 heterocycles. The third-order valence-electron chi connectivity index (χ3n) is 3.67. The van der Waals surface area contributed by atoms with Gasteiger partial charge in [0, 0.05) is 31.9 Å². The summed E-state index contributed by atoms with van der Waals surface area (Å²) in [6.07, 6.45) is 0. The third-order valence-corrected chi connectivity index (χ3v) is 5.78. The van der Waals surface area contributed by atoms with Crippen LogP contribution in [0.1, 0.15) is 13.8 Å². The van der Waals surface area contributed by atoms with Gasteiger partial charge in [0.05, 0.1) is 6.54 Å². The molecule has 6 nitrogen and oxygen atoms in total. The van der Waals surface area contributed by atoms with E-state index in [0.717, 1.165) is 5.69 Å². The third kappa shape index (κ3) is 3.25. The molecule has 1 aromatic carbocycles. The molecule has 116 valence electrons. The van der Waals surface area contributed by atoms with Gasteiger partial charge < -0.3 is 4.90 Å². The zero-order valence-electron chi connectivity index (χ0n) is 12.6. The van der Waals surface area contributed by atoms with E-state index in [1.165, 1.54) is 15.7 Å². The molecule has 0 unspecified atom stereocenters. The van der Waals surface area contributed by atoms with E-state index in [1.807, 2.05) is 30.3 Å². The number of carbonyl (C=O) groups is 1. The Balaban J connectivity index is 2.13. The molecule has 0 spiro atoms. The first-order valence-corrected chi connectivity index (χ1v) is 8.32. The first-order valence-electron chi connectivity index (χ1n) is 6.92. The minimum atomic E-state index is -3.58. The molecule has 0 N–H and O–H groups in total. The van der Waals surface area contributed by atoms with Crippen LogP contribution in [-0.4, -0.2) is 55.7 Å². The van der Waals surface area contributed by atoms with Crippen LogP contribution in [0.15, 0.2) is 30.3 Å². The number of rotatable bonds is 4. The average molecular weight is 311 g/mol. The van der Waals surface area contributed by atoms with Gasteiger partial charge in [0.25, 0.3) is 10.2 Å². The first-order chi connectivity index (χ1) is 9.84. The van der Waals surface area contributed by atoms with Crippen LogP contribution in [0, 0.1) is 0 Å². The summed E-state index contributed by atoms with van der Waals surface area (Å²) in [6.45, 7) is 4.17. The van der Waals surface area contributed by atoms with Gasteiger partial charge in [0.1, 0.15) is 0 Å². The molecule has 1 aliphatic heterocycles. The average Bonchev–Trinajstić information content (AvgIpc) is 2.47. The van der Waals surface area contributed by atoms with Crippen molar-refractivity contribution in [2.24, 2.45) is 0 Å².